The summed E-state index contributed by atoms with van der Waals surface area (Å²) in [7, 11) is -5.29. The van der Waals surface area contributed by atoms with Gasteiger partial charge in [-0.3, -0.25) is 4.98 Å². The Morgan fingerprint density at radius 3 is 2.76 bits per heavy atom. The molecule has 0 aromatic carbocycles. The third-order valence-corrected chi connectivity index (χ3v) is 5.95. The molecule has 0 bridgehead atoms. The molecule has 1 atom stereocenters. The van der Waals surface area contributed by atoms with Gasteiger partial charge in [0.1, 0.15) is 0 Å². The lowest BCUT2D eigenvalue weighted by molar-refractivity contribution is -0.183. The number of hydrogen-bond acceptors (Lipinski definition) is 5. The van der Waals surface area contributed by atoms with Crippen molar-refractivity contribution < 1.29 is 31.1 Å². The second kappa shape index (κ2) is 6.49. The maximum atomic E-state index is 12.6. The first kappa shape index (κ1) is 18.6. The zero-order valence-electron chi connectivity index (χ0n) is 13.6. The standard InChI is InChI=1S/C15H19F3N2O4S/c1-11-3-2-4-12(19-11)8-23-13-5-6-24-14(7-13)9-20(10-14)25(21,22)15(16,17)18/h2-4,13H,5-10H2,1H3. The highest BCUT2D eigenvalue weighted by Gasteiger charge is 2.59. The van der Waals surface area contributed by atoms with Crippen LogP contribution < -0.4 is 0 Å². The highest BCUT2D eigenvalue weighted by atomic mass is 32.2. The summed E-state index contributed by atoms with van der Waals surface area (Å²) in [6.07, 6.45) is 0.772. The molecule has 2 aliphatic heterocycles. The van der Waals surface area contributed by atoms with Crippen molar-refractivity contribution in [1.82, 2.24) is 9.29 Å². The number of ether oxygens (including phenoxy) is 2. The van der Waals surface area contributed by atoms with Crippen LogP contribution in [0, 0.1) is 6.92 Å². The monoisotopic (exact) mass is 380 g/mol. The van der Waals surface area contributed by atoms with E-state index >= 15 is 0 Å². The van der Waals surface area contributed by atoms with Crippen LogP contribution in [-0.2, 0) is 26.1 Å². The van der Waals surface area contributed by atoms with E-state index < -0.39 is 21.1 Å². The van der Waals surface area contributed by atoms with Crippen LogP contribution in [0.5, 0.6) is 0 Å². The van der Waals surface area contributed by atoms with E-state index in [-0.39, 0.29) is 19.2 Å². The van der Waals surface area contributed by atoms with Crippen LogP contribution in [0.25, 0.3) is 0 Å². The predicted octanol–water partition coefficient (Wildman–Crippen LogP) is 1.99. The molecule has 2 aliphatic rings. The molecule has 140 valence electrons. The second-order valence-corrected chi connectivity index (χ2v) is 8.38. The van der Waals surface area contributed by atoms with Crippen molar-refractivity contribution in [1.29, 1.82) is 0 Å². The largest absolute Gasteiger partial charge is 0.511 e. The van der Waals surface area contributed by atoms with Crippen molar-refractivity contribution in [2.45, 2.75) is 43.6 Å². The summed E-state index contributed by atoms with van der Waals surface area (Å²) in [5.74, 6) is 0. The number of hydrogen-bond donors (Lipinski definition) is 0. The molecule has 25 heavy (non-hydrogen) atoms. The van der Waals surface area contributed by atoms with E-state index in [1.165, 1.54) is 0 Å². The van der Waals surface area contributed by atoms with E-state index in [4.69, 9.17) is 9.47 Å². The Bertz CT molecular complexity index is 733. The third kappa shape index (κ3) is 3.81. The molecule has 0 N–H and O–H groups in total. The summed E-state index contributed by atoms with van der Waals surface area (Å²) in [4.78, 5) is 4.33. The van der Waals surface area contributed by atoms with Crippen LogP contribution in [0.4, 0.5) is 13.2 Å². The van der Waals surface area contributed by atoms with Crippen LogP contribution in [-0.4, -0.2) is 54.6 Å². The molecule has 1 spiro atoms. The number of nitrogens with zero attached hydrogens (tertiary/aromatic N) is 2. The van der Waals surface area contributed by atoms with Gasteiger partial charge < -0.3 is 9.47 Å². The van der Waals surface area contributed by atoms with Crippen molar-refractivity contribution in [3.05, 3.63) is 29.6 Å². The Labute approximate surface area is 144 Å². The van der Waals surface area contributed by atoms with Crippen molar-refractivity contribution in [2.24, 2.45) is 0 Å². The van der Waals surface area contributed by atoms with Gasteiger partial charge in [0.05, 0.1) is 24.0 Å². The van der Waals surface area contributed by atoms with Crippen LogP contribution in [0.3, 0.4) is 0 Å². The topological polar surface area (TPSA) is 68.7 Å². The lowest BCUT2D eigenvalue weighted by atomic mass is 9.86. The zero-order valence-corrected chi connectivity index (χ0v) is 14.4. The molecule has 2 saturated heterocycles. The minimum atomic E-state index is -5.29. The number of pyridine rings is 1. The third-order valence-electron chi connectivity index (χ3n) is 4.42. The second-order valence-electron chi connectivity index (χ2n) is 6.45. The van der Waals surface area contributed by atoms with E-state index in [2.05, 4.69) is 4.98 Å². The molecule has 6 nitrogen and oxygen atoms in total. The van der Waals surface area contributed by atoms with E-state index in [1.54, 1.807) is 0 Å². The fourth-order valence-electron chi connectivity index (χ4n) is 3.14. The van der Waals surface area contributed by atoms with Gasteiger partial charge in [-0.25, -0.2) is 8.42 Å². The molecular weight excluding hydrogens is 361 g/mol. The quantitative estimate of drug-likeness (QED) is 0.799. The number of halogens is 3. The van der Waals surface area contributed by atoms with Crippen LogP contribution in [0.15, 0.2) is 18.2 Å². The zero-order chi connectivity index (χ0) is 18.3. The van der Waals surface area contributed by atoms with Gasteiger partial charge >= 0.3 is 15.5 Å². The SMILES string of the molecule is Cc1cccc(COC2CCOC3(C2)CN(S(=O)(=O)C(F)(F)F)C3)n1. The first-order valence-corrected chi connectivity index (χ1v) is 9.30. The summed E-state index contributed by atoms with van der Waals surface area (Å²) >= 11 is 0. The Morgan fingerprint density at radius 2 is 2.12 bits per heavy atom. The van der Waals surface area contributed by atoms with E-state index in [1.807, 2.05) is 25.1 Å². The molecule has 0 saturated carbocycles. The number of sulfonamides is 1. The lowest BCUT2D eigenvalue weighted by Crippen LogP contribution is -2.68. The highest BCUT2D eigenvalue weighted by Crippen LogP contribution is 2.40. The van der Waals surface area contributed by atoms with Crippen molar-refractivity contribution in [2.75, 3.05) is 19.7 Å². The molecule has 0 aliphatic carbocycles. The Kier molecular flexibility index (Phi) is 4.82. The maximum Gasteiger partial charge on any atom is 0.511 e. The van der Waals surface area contributed by atoms with Crippen LogP contribution in [0.1, 0.15) is 24.2 Å². The van der Waals surface area contributed by atoms with Crippen molar-refractivity contribution in [3.8, 4) is 0 Å². The maximum absolute atomic E-state index is 12.6. The van der Waals surface area contributed by atoms with Gasteiger partial charge in [0, 0.05) is 31.8 Å². The molecule has 1 aromatic rings. The van der Waals surface area contributed by atoms with Crippen LogP contribution >= 0.6 is 0 Å². The first-order chi connectivity index (χ1) is 11.6. The van der Waals surface area contributed by atoms with Gasteiger partial charge in [-0.2, -0.15) is 17.5 Å². The molecule has 3 rings (SSSR count). The minimum Gasteiger partial charge on any atom is -0.372 e. The average Bonchev–Trinajstić information content (AvgIpc) is 2.50. The summed E-state index contributed by atoms with van der Waals surface area (Å²) in [6.45, 7) is 1.91. The average molecular weight is 380 g/mol. The van der Waals surface area contributed by atoms with Gasteiger partial charge in [-0.15, -0.1) is 0 Å². The number of alkyl halides is 3. The van der Waals surface area contributed by atoms with E-state index in [0.29, 0.717) is 30.4 Å². The van der Waals surface area contributed by atoms with Gasteiger partial charge in [-0.05, 0) is 25.5 Å². The Balaban J connectivity index is 1.56. The normalized spacial score (nSPS) is 24.2. The predicted molar refractivity (Wildman–Crippen MR) is 82.0 cm³/mol. The van der Waals surface area contributed by atoms with Gasteiger partial charge in [0.2, 0.25) is 0 Å². The Hall–Kier alpha value is -1.23. The molecule has 0 radical (unpaired) electrons. The number of aromatic nitrogens is 1. The number of rotatable bonds is 4. The number of aryl methyl sites for hydroxylation is 1. The van der Waals surface area contributed by atoms with Gasteiger partial charge in [0.15, 0.2) is 0 Å². The molecule has 10 heteroatoms. The molecular formula is C15H19F3N2O4S. The van der Waals surface area contributed by atoms with Crippen molar-refractivity contribution in [3.63, 3.8) is 0 Å². The summed E-state index contributed by atoms with van der Waals surface area (Å²) in [6, 6.07) is 5.58. The smallest absolute Gasteiger partial charge is 0.372 e. The van der Waals surface area contributed by atoms with Crippen LogP contribution in [0.2, 0.25) is 0 Å². The highest BCUT2D eigenvalue weighted by molar-refractivity contribution is 7.90. The molecule has 0 amide bonds. The van der Waals surface area contributed by atoms with Gasteiger partial charge in [0.25, 0.3) is 0 Å². The molecule has 3 heterocycles. The summed E-state index contributed by atoms with van der Waals surface area (Å²) in [5, 5.41) is 0. The molecule has 1 unspecified atom stereocenters. The lowest BCUT2D eigenvalue weighted by Gasteiger charge is -2.51. The fraction of sp³-hybridized carbons (Fsp3) is 0.667. The van der Waals surface area contributed by atoms with E-state index in [9.17, 15) is 21.6 Å². The summed E-state index contributed by atoms with van der Waals surface area (Å²) < 4.78 is 72.3. The summed E-state index contributed by atoms with van der Waals surface area (Å²) in [5.41, 5.74) is -4.52. The van der Waals surface area contributed by atoms with Crippen molar-refractivity contribution >= 4 is 10.0 Å². The Morgan fingerprint density at radius 1 is 1.40 bits per heavy atom. The fourth-order valence-corrected chi connectivity index (χ4v) is 4.24. The van der Waals surface area contributed by atoms with E-state index in [0.717, 1.165) is 11.4 Å². The minimum absolute atomic E-state index is 0.202. The molecule has 2 fully saturated rings. The first-order valence-electron chi connectivity index (χ1n) is 7.86. The molecule has 1 aromatic heterocycles. The van der Waals surface area contributed by atoms with Gasteiger partial charge in [-0.1, -0.05) is 6.07 Å².